The third-order valence-corrected chi connectivity index (χ3v) is 4.51. The number of nitrogens with one attached hydrogen (secondary N) is 2. The highest BCUT2D eigenvalue weighted by Crippen LogP contribution is 2.39. The number of carbonyl (C=O) groups excluding carboxylic acids is 2. The Balaban J connectivity index is 1.75. The molecule has 0 bridgehead atoms. The third-order valence-electron chi connectivity index (χ3n) is 4.51. The van der Waals surface area contributed by atoms with Crippen molar-refractivity contribution in [3.05, 3.63) is 23.9 Å². The number of hydrogen-bond acceptors (Lipinski definition) is 5. The lowest BCUT2D eigenvalue weighted by molar-refractivity contribution is -0.123. The van der Waals surface area contributed by atoms with Gasteiger partial charge in [0.1, 0.15) is 5.82 Å². The van der Waals surface area contributed by atoms with Gasteiger partial charge in [-0.3, -0.25) is 9.59 Å². The van der Waals surface area contributed by atoms with Crippen LogP contribution in [0.25, 0.3) is 0 Å². The van der Waals surface area contributed by atoms with Gasteiger partial charge in [0.15, 0.2) is 0 Å². The molecule has 2 N–H and O–H groups in total. The summed E-state index contributed by atoms with van der Waals surface area (Å²) in [6, 6.07) is 3.24. The highest BCUT2D eigenvalue weighted by molar-refractivity contribution is 5.99. The lowest BCUT2D eigenvalue weighted by Crippen LogP contribution is -2.70. The number of rotatable bonds is 4. The predicted octanol–water partition coefficient (Wildman–Crippen LogP) is 0.169. The van der Waals surface area contributed by atoms with Gasteiger partial charge < -0.3 is 20.3 Å². The van der Waals surface area contributed by atoms with Crippen molar-refractivity contribution in [2.45, 2.75) is 31.5 Å². The molecule has 124 valence electrons. The van der Waals surface area contributed by atoms with Gasteiger partial charge in [0, 0.05) is 39.7 Å². The van der Waals surface area contributed by atoms with Crippen LogP contribution < -0.4 is 15.5 Å². The monoisotopic (exact) mass is 318 g/mol. The molecule has 1 aliphatic carbocycles. The number of anilines is 1. The Bertz CT molecular complexity index is 619. The summed E-state index contributed by atoms with van der Waals surface area (Å²) < 4.78 is 5.66. The van der Waals surface area contributed by atoms with Crippen LogP contribution in [-0.2, 0) is 9.53 Å². The van der Waals surface area contributed by atoms with Gasteiger partial charge in [-0.05, 0) is 18.6 Å². The third kappa shape index (κ3) is 2.88. The Morgan fingerprint density at radius 2 is 2.09 bits per heavy atom. The van der Waals surface area contributed by atoms with E-state index in [0.717, 1.165) is 6.42 Å². The summed E-state index contributed by atoms with van der Waals surface area (Å²) in [4.78, 5) is 30.1. The van der Waals surface area contributed by atoms with Crippen LogP contribution in [-0.4, -0.2) is 55.7 Å². The second-order valence-electron chi connectivity index (χ2n) is 6.28. The summed E-state index contributed by atoms with van der Waals surface area (Å²) in [5.41, 5.74) is 0.529. The Hall–Kier alpha value is -2.15. The van der Waals surface area contributed by atoms with E-state index in [-0.39, 0.29) is 35.9 Å². The van der Waals surface area contributed by atoms with Gasteiger partial charge in [-0.2, -0.15) is 0 Å². The number of amides is 2. The van der Waals surface area contributed by atoms with Crippen molar-refractivity contribution in [1.29, 1.82) is 0 Å². The fraction of sp³-hybridized carbons (Fsp3) is 0.562. The normalized spacial score (nSPS) is 28.5. The molecule has 2 amide bonds. The molecule has 1 aromatic heterocycles. The van der Waals surface area contributed by atoms with Crippen molar-refractivity contribution >= 4 is 17.6 Å². The number of ether oxygens (including phenoxy) is 1. The minimum absolute atomic E-state index is 0.00594. The Kier molecular flexibility index (Phi) is 4.21. The van der Waals surface area contributed by atoms with Crippen molar-refractivity contribution in [2.75, 3.05) is 25.6 Å². The zero-order chi connectivity index (χ0) is 16.6. The van der Waals surface area contributed by atoms with E-state index < -0.39 is 0 Å². The fourth-order valence-electron chi connectivity index (χ4n) is 3.47. The van der Waals surface area contributed by atoms with Crippen LogP contribution in [0.15, 0.2) is 18.3 Å². The van der Waals surface area contributed by atoms with E-state index in [1.54, 1.807) is 18.3 Å². The number of aromatic nitrogens is 1. The molecular weight excluding hydrogens is 296 g/mol. The Morgan fingerprint density at radius 3 is 2.78 bits per heavy atom. The van der Waals surface area contributed by atoms with Crippen LogP contribution in [0.3, 0.4) is 0 Å². The van der Waals surface area contributed by atoms with Gasteiger partial charge in [0.2, 0.25) is 5.91 Å². The van der Waals surface area contributed by atoms with Crippen molar-refractivity contribution < 1.29 is 14.3 Å². The number of fused-ring (bicyclic) bond motifs is 1. The molecular formula is C16H22N4O3. The van der Waals surface area contributed by atoms with E-state index in [9.17, 15) is 9.59 Å². The van der Waals surface area contributed by atoms with E-state index in [2.05, 4.69) is 15.6 Å². The van der Waals surface area contributed by atoms with E-state index in [0.29, 0.717) is 18.0 Å². The summed E-state index contributed by atoms with van der Waals surface area (Å²) in [7, 11) is 3.70. The lowest BCUT2D eigenvalue weighted by Gasteiger charge is -2.47. The average Bonchev–Trinajstić information content (AvgIpc) is 2.94. The first-order chi connectivity index (χ1) is 11.0. The van der Waals surface area contributed by atoms with Gasteiger partial charge >= 0.3 is 0 Å². The largest absolute Gasteiger partial charge is 0.376 e. The second-order valence-corrected chi connectivity index (χ2v) is 6.28. The maximum absolute atomic E-state index is 12.7. The molecule has 0 spiro atoms. The summed E-state index contributed by atoms with van der Waals surface area (Å²) in [6.45, 7) is 2.15. The lowest BCUT2D eigenvalue weighted by atomic mass is 9.71. The van der Waals surface area contributed by atoms with Crippen LogP contribution in [0.1, 0.15) is 23.7 Å². The summed E-state index contributed by atoms with van der Waals surface area (Å²) in [5, 5.41) is 5.94. The van der Waals surface area contributed by atoms with Crippen LogP contribution in [0.4, 0.5) is 5.82 Å². The van der Waals surface area contributed by atoms with E-state index in [4.69, 9.17) is 4.74 Å². The van der Waals surface area contributed by atoms with Gasteiger partial charge in [0.05, 0.1) is 23.8 Å². The molecule has 7 nitrogen and oxygen atoms in total. The predicted molar refractivity (Wildman–Crippen MR) is 85.3 cm³/mol. The number of nitrogens with zero attached hydrogens (tertiary/aromatic N) is 2. The number of pyridine rings is 1. The van der Waals surface area contributed by atoms with Gasteiger partial charge in [0.25, 0.3) is 5.91 Å². The van der Waals surface area contributed by atoms with Crippen molar-refractivity contribution in [3.8, 4) is 0 Å². The standard InChI is InChI=1S/C16H22N4O3/c1-9(21)18-13-12(10-6-8-23-14(10)13)19-16(22)11-5-4-7-17-15(11)20(2)3/h4-5,7,10,12-14H,6,8H2,1-3H3,(H,18,21)(H,19,22)/t10-,12+,13-,14-/m1/s1. The molecule has 1 aromatic rings. The molecule has 3 rings (SSSR count). The van der Waals surface area contributed by atoms with Crippen molar-refractivity contribution in [2.24, 2.45) is 5.92 Å². The highest BCUT2D eigenvalue weighted by Gasteiger charge is 2.55. The molecule has 4 atom stereocenters. The van der Waals surface area contributed by atoms with Crippen LogP contribution in [0.5, 0.6) is 0 Å². The first-order valence-corrected chi connectivity index (χ1v) is 7.81. The Labute approximate surface area is 135 Å². The van der Waals surface area contributed by atoms with Gasteiger partial charge in [-0.1, -0.05) is 0 Å². The summed E-state index contributed by atoms with van der Waals surface area (Å²) in [5.74, 6) is 0.598. The molecule has 2 aliphatic rings. The summed E-state index contributed by atoms with van der Waals surface area (Å²) >= 11 is 0. The maximum atomic E-state index is 12.7. The summed E-state index contributed by atoms with van der Waals surface area (Å²) in [6.07, 6.45) is 2.57. The van der Waals surface area contributed by atoms with Crippen LogP contribution in [0.2, 0.25) is 0 Å². The topological polar surface area (TPSA) is 83.6 Å². The molecule has 1 aliphatic heterocycles. The van der Waals surface area contributed by atoms with Crippen molar-refractivity contribution in [1.82, 2.24) is 15.6 Å². The smallest absolute Gasteiger partial charge is 0.255 e. The van der Waals surface area contributed by atoms with E-state index in [1.165, 1.54) is 6.92 Å². The number of hydrogen-bond donors (Lipinski definition) is 2. The highest BCUT2D eigenvalue weighted by atomic mass is 16.5. The van der Waals surface area contributed by atoms with E-state index >= 15 is 0 Å². The molecule has 1 saturated carbocycles. The van der Waals surface area contributed by atoms with Crippen LogP contribution in [0, 0.1) is 5.92 Å². The van der Waals surface area contributed by atoms with E-state index in [1.807, 2.05) is 19.0 Å². The second kappa shape index (κ2) is 6.16. The van der Waals surface area contributed by atoms with Gasteiger partial charge in [-0.25, -0.2) is 4.98 Å². The minimum Gasteiger partial charge on any atom is -0.376 e. The molecule has 0 unspecified atom stereocenters. The maximum Gasteiger partial charge on any atom is 0.255 e. The molecule has 2 fully saturated rings. The molecule has 0 radical (unpaired) electrons. The van der Waals surface area contributed by atoms with Crippen molar-refractivity contribution in [3.63, 3.8) is 0 Å². The minimum atomic E-state index is -0.174. The number of carbonyl (C=O) groups is 2. The zero-order valence-corrected chi connectivity index (χ0v) is 13.6. The molecule has 0 aromatic carbocycles. The first kappa shape index (κ1) is 15.7. The fourth-order valence-corrected chi connectivity index (χ4v) is 3.47. The molecule has 1 saturated heterocycles. The zero-order valence-electron chi connectivity index (χ0n) is 13.6. The molecule has 2 heterocycles. The average molecular weight is 318 g/mol. The first-order valence-electron chi connectivity index (χ1n) is 7.81. The van der Waals surface area contributed by atoms with Gasteiger partial charge in [-0.15, -0.1) is 0 Å². The quantitative estimate of drug-likeness (QED) is 0.827. The Morgan fingerprint density at radius 1 is 1.30 bits per heavy atom. The molecule has 23 heavy (non-hydrogen) atoms. The van der Waals surface area contributed by atoms with Crippen LogP contribution >= 0.6 is 0 Å². The SMILES string of the molecule is CC(=O)N[C@@H]1[C@@H](NC(=O)c2cccnc2N(C)C)[C@H]2CCO[C@H]21. The molecule has 7 heteroatoms.